The van der Waals surface area contributed by atoms with Gasteiger partial charge in [-0.3, -0.25) is 0 Å². The van der Waals surface area contributed by atoms with Crippen LogP contribution in [-0.4, -0.2) is 57.8 Å². The van der Waals surface area contributed by atoms with E-state index >= 15 is 0 Å². The Balaban J connectivity index is 2.33. The molecule has 0 spiro atoms. The van der Waals surface area contributed by atoms with Gasteiger partial charge in [0.15, 0.2) is 5.11 Å². The maximum atomic E-state index is 12.8. The number of morpholine rings is 1. The van der Waals surface area contributed by atoms with Crippen LogP contribution in [0.5, 0.6) is 5.75 Å². The second-order valence-corrected chi connectivity index (χ2v) is 7.18. The fraction of sp³-hybridized carbons (Fsp3) is 0.500. The van der Waals surface area contributed by atoms with Crippen molar-refractivity contribution < 1.29 is 17.9 Å². The molecular weight excluding hydrogens is 338 g/mol. The van der Waals surface area contributed by atoms with Crippen LogP contribution >= 0.6 is 12.2 Å². The van der Waals surface area contributed by atoms with Crippen LogP contribution in [0.4, 0.5) is 5.69 Å². The average molecular weight is 359 g/mol. The topological polar surface area (TPSA) is 79.9 Å². The van der Waals surface area contributed by atoms with E-state index in [2.05, 4.69) is 10.6 Å². The molecule has 2 N–H and O–H groups in total. The number of hydrogen-bond acceptors (Lipinski definition) is 5. The summed E-state index contributed by atoms with van der Waals surface area (Å²) in [5.74, 6) is 0.302. The van der Waals surface area contributed by atoms with Gasteiger partial charge < -0.3 is 20.1 Å². The van der Waals surface area contributed by atoms with Crippen molar-refractivity contribution in [2.75, 3.05) is 45.3 Å². The zero-order valence-electron chi connectivity index (χ0n) is 13.2. The van der Waals surface area contributed by atoms with Gasteiger partial charge in [-0.2, -0.15) is 4.31 Å². The van der Waals surface area contributed by atoms with Crippen LogP contribution in [0.1, 0.15) is 6.92 Å². The van der Waals surface area contributed by atoms with Gasteiger partial charge in [-0.15, -0.1) is 0 Å². The third kappa shape index (κ3) is 4.31. The van der Waals surface area contributed by atoms with Crippen molar-refractivity contribution in [1.82, 2.24) is 9.62 Å². The number of nitrogens with zero attached hydrogens (tertiary/aromatic N) is 1. The monoisotopic (exact) mass is 359 g/mol. The summed E-state index contributed by atoms with van der Waals surface area (Å²) in [7, 11) is -2.20. The number of sulfonamides is 1. The van der Waals surface area contributed by atoms with Gasteiger partial charge in [-0.05, 0) is 37.3 Å². The average Bonchev–Trinajstić information content (AvgIpc) is 2.56. The number of hydrogen-bond donors (Lipinski definition) is 2. The molecule has 0 saturated carbocycles. The maximum Gasteiger partial charge on any atom is 0.246 e. The highest BCUT2D eigenvalue weighted by atomic mass is 32.2. The molecule has 0 unspecified atom stereocenters. The van der Waals surface area contributed by atoms with Gasteiger partial charge in [-0.1, -0.05) is 0 Å². The summed E-state index contributed by atoms with van der Waals surface area (Å²) in [6.45, 7) is 4.06. The Morgan fingerprint density at radius 3 is 2.70 bits per heavy atom. The Labute approximate surface area is 142 Å². The highest BCUT2D eigenvalue weighted by Gasteiger charge is 2.29. The molecule has 0 amide bonds. The summed E-state index contributed by atoms with van der Waals surface area (Å²) in [6, 6.07) is 4.87. The van der Waals surface area contributed by atoms with E-state index in [1.807, 2.05) is 6.92 Å². The lowest BCUT2D eigenvalue weighted by Crippen LogP contribution is -2.40. The second-order valence-electron chi connectivity index (χ2n) is 4.87. The van der Waals surface area contributed by atoms with E-state index in [9.17, 15) is 8.42 Å². The first-order valence-corrected chi connectivity index (χ1v) is 9.14. The van der Waals surface area contributed by atoms with E-state index in [1.54, 1.807) is 12.1 Å². The van der Waals surface area contributed by atoms with Crippen LogP contribution in [-0.2, 0) is 14.8 Å². The molecule has 1 fully saturated rings. The lowest BCUT2D eigenvalue weighted by atomic mass is 10.3. The molecule has 0 radical (unpaired) electrons. The first kappa shape index (κ1) is 17.9. The van der Waals surface area contributed by atoms with Crippen molar-refractivity contribution in [1.29, 1.82) is 0 Å². The minimum Gasteiger partial charge on any atom is -0.495 e. The summed E-state index contributed by atoms with van der Waals surface area (Å²) >= 11 is 5.13. The molecule has 1 aliphatic heterocycles. The first-order valence-electron chi connectivity index (χ1n) is 7.30. The molecule has 0 atom stereocenters. The first-order chi connectivity index (χ1) is 11.0. The van der Waals surface area contributed by atoms with Gasteiger partial charge in [0.25, 0.3) is 0 Å². The quantitative estimate of drug-likeness (QED) is 0.760. The van der Waals surface area contributed by atoms with E-state index in [1.165, 1.54) is 17.5 Å². The van der Waals surface area contributed by atoms with Crippen molar-refractivity contribution in [2.45, 2.75) is 11.8 Å². The Kier molecular flexibility index (Phi) is 6.17. The number of rotatable bonds is 5. The van der Waals surface area contributed by atoms with Gasteiger partial charge in [0.05, 0.1) is 20.3 Å². The zero-order chi connectivity index (χ0) is 16.9. The highest BCUT2D eigenvalue weighted by Crippen LogP contribution is 2.30. The van der Waals surface area contributed by atoms with Crippen molar-refractivity contribution in [2.24, 2.45) is 0 Å². The van der Waals surface area contributed by atoms with Crippen LogP contribution in [0.15, 0.2) is 23.1 Å². The summed E-state index contributed by atoms with van der Waals surface area (Å²) in [5, 5.41) is 6.36. The normalized spacial score (nSPS) is 15.9. The molecule has 1 aliphatic rings. The van der Waals surface area contributed by atoms with Crippen LogP contribution in [0, 0.1) is 0 Å². The third-order valence-corrected chi connectivity index (χ3v) is 5.51. The summed E-state index contributed by atoms with van der Waals surface area (Å²) in [4.78, 5) is 0.117. The molecular formula is C14H21N3O4S2. The van der Waals surface area contributed by atoms with Crippen LogP contribution < -0.4 is 15.4 Å². The number of thiocarbonyl (C=S) groups is 1. The minimum absolute atomic E-state index is 0.117. The molecule has 1 aromatic carbocycles. The highest BCUT2D eigenvalue weighted by molar-refractivity contribution is 7.89. The van der Waals surface area contributed by atoms with E-state index in [4.69, 9.17) is 21.7 Å². The second kappa shape index (κ2) is 7.91. The Morgan fingerprint density at radius 1 is 1.39 bits per heavy atom. The molecule has 9 heteroatoms. The number of benzene rings is 1. The summed E-state index contributed by atoms with van der Waals surface area (Å²) < 4.78 is 37.5. The smallest absolute Gasteiger partial charge is 0.246 e. The molecule has 128 valence electrons. The largest absolute Gasteiger partial charge is 0.495 e. The molecule has 1 saturated heterocycles. The van der Waals surface area contributed by atoms with E-state index < -0.39 is 10.0 Å². The van der Waals surface area contributed by atoms with Crippen molar-refractivity contribution >= 4 is 33.0 Å². The lowest BCUT2D eigenvalue weighted by Gasteiger charge is -2.27. The molecule has 1 aromatic rings. The number of nitrogens with one attached hydrogen (secondary N) is 2. The van der Waals surface area contributed by atoms with Crippen molar-refractivity contribution in [3.05, 3.63) is 18.2 Å². The van der Waals surface area contributed by atoms with E-state index in [-0.39, 0.29) is 4.90 Å². The number of methoxy groups -OCH3 is 1. The molecule has 0 aromatic heterocycles. The number of ether oxygens (including phenoxy) is 2. The standard InChI is InChI=1S/C14H21N3O4S2/c1-3-15-14(22)16-11-4-5-12(20-2)13(10-11)23(18,19)17-6-8-21-9-7-17/h4-5,10H,3,6-9H2,1-2H3,(H2,15,16,22). The summed E-state index contributed by atoms with van der Waals surface area (Å²) in [5.41, 5.74) is 0.587. The van der Waals surface area contributed by atoms with Gasteiger partial charge >= 0.3 is 0 Å². The third-order valence-electron chi connectivity index (χ3n) is 3.35. The minimum atomic E-state index is -3.65. The van der Waals surface area contributed by atoms with E-state index in [0.29, 0.717) is 49.4 Å². The predicted molar refractivity (Wildman–Crippen MR) is 92.5 cm³/mol. The van der Waals surface area contributed by atoms with Crippen LogP contribution in [0.25, 0.3) is 0 Å². The summed E-state index contributed by atoms with van der Waals surface area (Å²) in [6.07, 6.45) is 0. The van der Waals surface area contributed by atoms with Crippen molar-refractivity contribution in [3.63, 3.8) is 0 Å². The van der Waals surface area contributed by atoms with Gasteiger partial charge in [0.1, 0.15) is 10.6 Å². The number of anilines is 1. The van der Waals surface area contributed by atoms with Crippen molar-refractivity contribution in [3.8, 4) is 5.75 Å². The zero-order valence-corrected chi connectivity index (χ0v) is 14.8. The van der Waals surface area contributed by atoms with Gasteiger partial charge in [0, 0.05) is 25.3 Å². The molecule has 23 heavy (non-hydrogen) atoms. The van der Waals surface area contributed by atoms with Gasteiger partial charge in [-0.25, -0.2) is 8.42 Å². The SMILES string of the molecule is CCNC(=S)Nc1ccc(OC)c(S(=O)(=O)N2CCOCC2)c1. The Morgan fingerprint density at radius 2 is 2.09 bits per heavy atom. The molecule has 2 rings (SSSR count). The fourth-order valence-corrected chi connectivity index (χ4v) is 4.07. The van der Waals surface area contributed by atoms with Gasteiger partial charge in [0.2, 0.25) is 10.0 Å². The molecule has 0 bridgehead atoms. The molecule has 1 heterocycles. The Hall–Kier alpha value is -1.42. The predicted octanol–water partition coefficient (Wildman–Crippen LogP) is 1.02. The van der Waals surface area contributed by atoms with E-state index in [0.717, 1.165) is 0 Å². The Bertz CT molecular complexity index is 658. The fourth-order valence-electron chi connectivity index (χ4n) is 2.22. The van der Waals surface area contributed by atoms with Crippen LogP contribution in [0.3, 0.4) is 0 Å². The molecule has 0 aliphatic carbocycles. The maximum absolute atomic E-state index is 12.8. The molecule has 7 nitrogen and oxygen atoms in total. The lowest BCUT2D eigenvalue weighted by molar-refractivity contribution is 0.0729. The van der Waals surface area contributed by atoms with Crippen LogP contribution in [0.2, 0.25) is 0 Å².